The van der Waals surface area contributed by atoms with Crippen LogP contribution in [0.5, 0.6) is 0 Å². The van der Waals surface area contributed by atoms with Crippen molar-refractivity contribution in [2.75, 3.05) is 11.1 Å². The van der Waals surface area contributed by atoms with Crippen molar-refractivity contribution in [3.63, 3.8) is 0 Å². The SMILES string of the molecule is CCn1c(SCC(=O)Nc2cccc(Cl)c2C)nnc1-c1ccc(F)cc1. The molecule has 0 aliphatic heterocycles. The molecule has 0 spiro atoms. The molecule has 1 aromatic heterocycles. The Kier molecular flexibility index (Phi) is 6.13. The first-order chi connectivity index (χ1) is 13.0. The zero-order valence-electron chi connectivity index (χ0n) is 14.9. The molecule has 3 aromatic rings. The molecule has 1 amide bonds. The average molecular weight is 405 g/mol. The standard InChI is InChI=1S/C19H18ClFN4OS/c1-3-25-18(13-7-9-14(21)10-8-13)23-24-19(25)27-11-17(26)22-16-6-4-5-15(20)12(16)2/h4-10H,3,11H2,1-2H3,(H,22,26). The number of anilines is 1. The van der Waals surface area contributed by atoms with Crippen LogP contribution in [0.3, 0.4) is 0 Å². The summed E-state index contributed by atoms with van der Waals surface area (Å²) in [5, 5.41) is 12.5. The van der Waals surface area contributed by atoms with Crippen molar-refractivity contribution in [2.45, 2.75) is 25.5 Å². The number of nitrogens with zero attached hydrogens (tertiary/aromatic N) is 3. The maximum atomic E-state index is 13.1. The number of benzene rings is 2. The van der Waals surface area contributed by atoms with E-state index in [9.17, 15) is 9.18 Å². The summed E-state index contributed by atoms with van der Waals surface area (Å²) >= 11 is 7.38. The molecule has 0 aliphatic rings. The Morgan fingerprint density at radius 2 is 1.96 bits per heavy atom. The molecule has 8 heteroatoms. The van der Waals surface area contributed by atoms with E-state index < -0.39 is 0 Å². The molecule has 3 rings (SSSR count). The van der Waals surface area contributed by atoms with Gasteiger partial charge in [0.15, 0.2) is 11.0 Å². The second kappa shape index (κ2) is 8.54. The number of carbonyl (C=O) groups is 1. The molecule has 0 bridgehead atoms. The van der Waals surface area contributed by atoms with Gasteiger partial charge in [0, 0.05) is 22.8 Å². The fourth-order valence-electron chi connectivity index (χ4n) is 2.55. The molecule has 140 valence electrons. The summed E-state index contributed by atoms with van der Waals surface area (Å²) in [6, 6.07) is 11.5. The minimum atomic E-state index is -0.302. The van der Waals surface area contributed by atoms with Gasteiger partial charge in [0.2, 0.25) is 5.91 Å². The average Bonchev–Trinajstić information content (AvgIpc) is 3.07. The molecule has 1 heterocycles. The number of nitrogens with one attached hydrogen (secondary N) is 1. The fourth-order valence-corrected chi connectivity index (χ4v) is 3.53. The zero-order chi connectivity index (χ0) is 19.4. The highest BCUT2D eigenvalue weighted by Crippen LogP contribution is 2.26. The van der Waals surface area contributed by atoms with Crippen LogP contribution in [0.1, 0.15) is 12.5 Å². The topological polar surface area (TPSA) is 59.8 Å². The number of amides is 1. The van der Waals surface area contributed by atoms with Gasteiger partial charge in [-0.05, 0) is 55.8 Å². The minimum Gasteiger partial charge on any atom is -0.325 e. The van der Waals surface area contributed by atoms with Crippen molar-refractivity contribution in [3.05, 3.63) is 58.9 Å². The third-order valence-corrected chi connectivity index (χ3v) is 5.39. The van der Waals surface area contributed by atoms with Gasteiger partial charge in [-0.1, -0.05) is 29.4 Å². The van der Waals surface area contributed by atoms with Crippen molar-refractivity contribution in [1.82, 2.24) is 14.8 Å². The van der Waals surface area contributed by atoms with E-state index in [1.54, 1.807) is 24.3 Å². The molecular formula is C19H18ClFN4OS. The lowest BCUT2D eigenvalue weighted by atomic mass is 10.2. The molecular weight excluding hydrogens is 387 g/mol. The number of thioether (sulfide) groups is 1. The van der Waals surface area contributed by atoms with Crippen molar-refractivity contribution in [1.29, 1.82) is 0 Å². The maximum absolute atomic E-state index is 13.1. The molecule has 0 saturated carbocycles. The van der Waals surface area contributed by atoms with Gasteiger partial charge in [0.25, 0.3) is 0 Å². The highest BCUT2D eigenvalue weighted by atomic mass is 35.5. The number of carbonyl (C=O) groups excluding carboxylic acids is 1. The first-order valence-corrected chi connectivity index (χ1v) is 9.73. The number of aromatic nitrogens is 3. The van der Waals surface area contributed by atoms with Crippen LogP contribution in [0, 0.1) is 12.7 Å². The van der Waals surface area contributed by atoms with Crippen molar-refractivity contribution < 1.29 is 9.18 Å². The van der Waals surface area contributed by atoms with Gasteiger partial charge in [-0.25, -0.2) is 4.39 Å². The molecule has 5 nitrogen and oxygen atoms in total. The van der Waals surface area contributed by atoms with Gasteiger partial charge in [0.05, 0.1) is 5.75 Å². The normalized spacial score (nSPS) is 10.8. The monoisotopic (exact) mass is 404 g/mol. The lowest BCUT2D eigenvalue weighted by molar-refractivity contribution is -0.113. The van der Waals surface area contributed by atoms with Gasteiger partial charge in [-0.3, -0.25) is 4.79 Å². The maximum Gasteiger partial charge on any atom is 0.234 e. The summed E-state index contributed by atoms with van der Waals surface area (Å²) in [4.78, 5) is 12.3. The largest absolute Gasteiger partial charge is 0.325 e. The third kappa shape index (κ3) is 4.48. The predicted molar refractivity (Wildman–Crippen MR) is 107 cm³/mol. The summed E-state index contributed by atoms with van der Waals surface area (Å²) in [7, 11) is 0. The van der Waals surface area contributed by atoms with Crippen molar-refractivity contribution in [3.8, 4) is 11.4 Å². The van der Waals surface area contributed by atoms with Gasteiger partial charge in [0.1, 0.15) is 5.82 Å². The summed E-state index contributed by atoms with van der Waals surface area (Å²) < 4.78 is 15.0. The highest BCUT2D eigenvalue weighted by molar-refractivity contribution is 7.99. The minimum absolute atomic E-state index is 0.153. The second-order valence-corrected chi connectivity index (χ2v) is 7.16. The van der Waals surface area contributed by atoms with E-state index in [1.807, 2.05) is 24.5 Å². The molecule has 0 fully saturated rings. The lowest BCUT2D eigenvalue weighted by Gasteiger charge is -2.10. The first kappa shape index (κ1) is 19.4. The van der Waals surface area contributed by atoms with Crippen LogP contribution in [0.25, 0.3) is 11.4 Å². The van der Waals surface area contributed by atoms with Crippen LogP contribution in [-0.4, -0.2) is 26.4 Å². The van der Waals surface area contributed by atoms with E-state index >= 15 is 0 Å². The van der Waals surface area contributed by atoms with Crippen LogP contribution in [0.4, 0.5) is 10.1 Å². The molecule has 0 saturated heterocycles. The van der Waals surface area contributed by atoms with Crippen LogP contribution in [-0.2, 0) is 11.3 Å². The Hall–Kier alpha value is -2.38. The Morgan fingerprint density at radius 3 is 2.67 bits per heavy atom. The molecule has 0 unspecified atom stereocenters. The Bertz CT molecular complexity index is 959. The molecule has 0 aliphatic carbocycles. The highest BCUT2D eigenvalue weighted by Gasteiger charge is 2.15. The molecule has 2 aromatic carbocycles. The number of halogens is 2. The van der Waals surface area contributed by atoms with Crippen LogP contribution in [0.2, 0.25) is 5.02 Å². The number of hydrogen-bond acceptors (Lipinski definition) is 4. The van der Waals surface area contributed by atoms with E-state index in [0.29, 0.717) is 28.2 Å². The Morgan fingerprint density at radius 1 is 1.22 bits per heavy atom. The Labute approximate surface area is 166 Å². The summed E-state index contributed by atoms with van der Waals surface area (Å²) in [6.07, 6.45) is 0. The fraction of sp³-hybridized carbons (Fsp3) is 0.211. The second-order valence-electron chi connectivity index (χ2n) is 5.81. The van der Waals surface area contributed by atoms with Crippen molar-refractivity contribution >= 4 is 35.0 Å². The van der Waals surface area contributed by atoms with Gasteiger partial charge >= 0.3 is 0 Å². The van der Waals surface area contributed by atoms with E-state index in [2.05, 4.69) is 15.5 Å². The van der Waals surface area contributed by atoms with Crippen LogP contribution < -0.4 is 5.32 Å². The van der Waals surface area contributed by atoms with E-state index in [1.165, 1.54) is 23.9 Å². The zero-order valence-corrected chi connectivity index (χ0v) is 16.4. The van der Waals surface area contributed by atoms with Gasteiger partial charge < -0.3 is 9.88 Å². The summed E-state index contributed by atoms with van der Waals surface area (Å²) in [5.41, 5.74) is 2.29. The smallest absolute Gasteiger partial charge is 0.234 e. The van der Waals surface area contributed by atoms with E-state index in [0.717, 1.165) is 11.1 Å². The quantitative estimate of drug-likeness (QED) is 0.599. The number of hydrogen-bond donors (Lipinski definition) is 1. The van der Waals surface area contributed by atoms with Crippen molar-refractivity contribution in [2.24, 2.45) is 0 Å². The first-order valence-electron chi connectivity index (χ1n) is 8.36. The summed E-state index contributed by atoms with van der Waals surface area (Å²) in [5.74, 6) is 0.377. The lowest BCUT2D eigenvalue weighted by Crippen LogP contribution is -2.15. The predicted octanol–water partition coefficient (Wildman–Crippen LogP) is 4.80. The van der Waals surface area contributed by atoms with E-state index in [4.69, 9.17) is 11.6 Å². The molecule has 0 atom stereocenters. The van der Waals surface area contributed by atoms with Gasteiger partial charge in [-0.2, -0.15) is 0 Å². The van der Waals surface area contributed by atoms with E-state index in [-0.39, 0.29) is 17.5 Å². The molecule has 0 radical (unpaired) electrons. The van der Waals surface area contributed by atoms with Crippen LogP contribution in [0.15, 0.2) is 47.6 Å². The summed E-state index contributed by atoms with van der Waals surface area (Å²) in [6.45, 7) is 4.46. The molecule has 27 heavy (non-hydrogen) atoms. The van der Waals surface area contributed by atoms with Crippen LogP contribution >= 0.6 is 23.4 Å². The van der Waals surface area contributed by atoms with Gasteiger partial charge in [-0.15, -0.1) is 10.2 Å². The number of rotatable bonds is 6. The third-order valence-electron chi connectivity index (χ3n) is 4.01. The molecule has 1 N–H and O–H groups in total. The Balaban J connectivity index is 1.70.